The van der Waals surface area contributed by atoms with E-state index in [9.17, 15) is 24.3 Å². The fourth-order valence-electron chi connectivity index (χ4n) is 6.16. The number of aryl methyl sites for hydroxylation is 1. The Balaban J connectivity index is 2.35. The lowest BCUT2D eigenvalue weighted by molar-refractivity contribution is -0.141. The molecule has 0 aliphatic carbocycles. The van der Waals surface area contributed by atoms with Crippen LogP contribution in [0.3, 0.4) is 0 Å². The van der Waals surface area contributed by atoms with Crippen LogP contribution in [0.1, 0.15) is 80.2 Å². The number of carboxylic acid groups (broad SMARTS) is 1. The molecule has 2 rings (SSSR count). The van der Waals surface area contributed by atoms with Gasteiger partial charge < -0.3 is 36.3 Å². The van der Waals surface area contributed by atoms with Crippen molar-refractivity contribution in [2.24, 2.45) is 24.1 Å². The van der Waals surface area contributed by atoms with Crippen LogP contribution in [0.4, 0.5) is 0 Å². The van der Waals surface area contributed by atoms with Gasteiger partial charge in [0.15, 0.2) is 0 Å². The summed E-state index contributed by atoms with van der Waals surface area (Å²) in [6.07, 6.45) is 5.26. The fourth-order valence-corrected chi connectivity index (χ4v) is 6.16. The SMILES string of the molecule is CN[C@H](C(=O)N[C@H](C(=O)N(C)[C@H](/C=C(\C)C(=O)NC(CCCCN)C(=O)O)C(C)C)C(C)(C)C)C(C)(C)c1cn(C)c2ccccc12. The lowest BCUT2D eigenvalue weighted by atomic mass is 9.76. The van der Waals surface area contributed by atoms with Gasteiger partial charge in [0.25, 0.3) is 0 Å². The smallest absolute Gasteiger partial charge is 0.326 e. The predicted octanol–water partition coefficient (Wildman–Crippen LogP) is 3.70. The molecule has 1 aromatic carbocycles. The number of nitrogens with zero attached hydrogens (tertiary/aromatic N) is 2. The largest absolute Gasteiger partial charge is 0.480 e. The maximum absolute atomic E-state index is 14.2. The number of carboxylic acids is 1. The Kier molecular flexibility index (Phi) is 13.8. The highest BCUT2D eigenvalue weighted by Crippen LogP contribution is 2.35. The summed E-state index contributed by atoms with van der Waals surface area (Å²) in [6, 6.07) is 5.01. The molecular weight excluding hydrogens is 596 g/mol. The number of amides is 3. The second-order valence-corrected chi connectivity index (χ2v) is 14.6. The van der Waals surface area contributed by atoms with Gasteiger partial charge in [0, 0.05) is 42.2 Å². The zero-order valence-corrected chi connectivity index (χ0v) is 30.2. The number of hydrogen-bond donors (Lipinski definition) is 5. The summed E-state index contributed by atoms with van der Waals surface area (Å²) in [7, 11) is 5.40. The number of aliphatic carboxylic acids is 1. The number of fused-ring (bicyclic) bond motifs is 1. The molecule has 0 saturated carbocycles. The lowest BCUT2D eigenvalue weighted by Crippen LogP contribution is -2.61. The Bertz CT molecular complexity index is 1440. The average molecular weight is 655 g/mol. The van der Waals surface area contributed by atoms with Gasteiger partial charge in [0.2, 0.25) is 17.7 Å². The summed E-state index contributed by atoms with van der Waals surface area (Å²) in [6.45, 7) is 15.7. The Morgan fingerprint density at radius 1 is 1.02 bits per heavy atom. The first kappa shape index (κ1) is 39.5. The Hall–Kier alpha value is -3.70. The fraction of sp³-hybridized carbons (Fsp3) is 0.611. The van der Waals surface area contributed by atoms with Crippen molar-refractivity contribution in [2.45, 2.75) is 104 Å². The molecule has 6 N–H and O–H groups in total. The molecule has 0 radical (unpaired) electrons. The van der Waals surface area contributed by atoms with Crippen molar-refractivity contribution >= 4 is 34.6 Å². The molecule has 262 valence electrons. The first-order chi connectivity index (χ1) is 21.8. The van der Waals surface area contributed by atoms with Crippen molar-refractivity contribution in [3.8, 4) is 0 Å². The molecule has 0 saturated heterocycles. The Labute approximate surface area is 280 Å². The van der Waals surface area contributed by atoms with Crippen LogP contribution in [-0.4, -0.2) is 83.1 Å². The molecule has 0 aliphatic heterocycles. The summed E-state index contributed by atoms with van der Waals surface area (Å²) >= 11 is 0. The summed E-state index contributed by atoms with van der Waals surface area (Å²) in [5.74, 6) is -2.29. The number of likely N-dealkylation sites (N-methyl/N-ethyl adjacent to an activating group) is 2. The number of unbranched alkanes of at least 4 members (excludes halogenated alkanes) is 1. The average Bonchev–Trinajstić information content (AvgIpc) is 3.33. The molecule has 0 bridgehead atoms. The van der Waals surface area contributed by atoms with E-state index in [1.807, 2.05) is 73.7 Å². The van der Waals surface area contributed by atoms with Crippen LogP contribution in [-0.2, 0) is 31.6 Å². The van der Waals surface area contributed by atoms with Gasteiger partial charge >= 0.3 is 5.97 Å². The van der Waals surface area contributed by atoms with Gasteiger partial charge in [0.1, 0.15) is 12.1 Å². The molecule has 11 heteroatoms. The van der Waals surface area contributed by atoms with Gasteiger partial charge in [-0.2, -0.15) is 0 Å². The van der Waals surface area contributed by atoms with Crippen molar-refractivity contribution < 1.29 is 24.3 Å². The number of nitrogens with one attached hydrogen (secondary N) is 3. The van der Waals surface area contributed by atoms with Crippen molar-refractivity contribution in [3.05, 3.63) is 47.7 Å². The Morgan fingerprint density at radius 2 is 1.64 bits per heavy atom. The summed E-state index contributed by atoms with van der Waals surface area (Å²) < 4.78 is 2.05. The van der Waals surface area contributed by atoms with Crippen LogP contribution >= 0.6 is 0 Å². The van der Waals surface area contributed by atoms with Gasteiger partial charge in [-0.15, -0.1) is 0 Å². The van der Waals surface area contributed by atoms with E-state index in [1.54, 1.807) is 32.0 Å². The second-order valence-electron chi connectivity index (χ2n) is 14.6. The van der Waals surface area contributed by atoms with Crippen molar-refractivity contribution in [1.82, 2.24) is 25.4 Å². The highest BCUT2D eigenvalue weighted by atomic mass is 16.4. The van der Waals surface area contributed by atoms with E-state index >= 15 is 0 Å². The van der Waals surface area contributed by atoms with E-state index in [4.69, 9.17) is 5.73 Å². The molecule has 3 amide bonds. The minimum absolute atomic E-state index is 0.0850. The second kappa shape index (κ2) is 16.4. The van der Waals surface area contributed by atoms with E-state index in [0.717, 1.165) is 16.5 Å². The van der Waals surface area contributed by atoms with Crippen LogP contribution < -0.4 is 21.7 Å². The predicted molar refractivity (Wildman–Crippen MR) is 188 cm³/mol. The van der Waals surface area contributed by atoms with E-state index in [1.165, 1.54) is 0 Å². The number of benzene rings is 1. The quantitative estimate of drug-likeness (QED) is 0.136. The molecule has 1 unspecified atom stereocenters. The minimum Gasteiger partial charge on any atom is -0.480 e. The summed E-state index contributed by atoms with van der Waals surface area (Å²) in [5, 5.41) is 19.6. The standard InChI is InChI=1S/C36H58N6O5/c1-22(2)28(20-23(3)31(43)39-26(34(46)47)17-14-15-19-37)42(11)33(45)30(35(4,5)6)40-32(44)29(38-9)36(7,8)25-21-41(10)27-18-13-12-16-24(25)27/h12-13,16,18,20-22,26,28-30,38H,14-15,17,19,37H2,1-11H3,(H,39,43)(H,40,44)(H,46,47)/b23-20+/t26?,28-,29-,30-/m1/s1. The third-order valence-corrected chi connectivity index (χ3v) is 9.07. The number of para-hydroxylation sites is 1. The molecule has 1 aromatic heterocycles. The van der Waals surface area contributed by atoms with Gasteiger partial charge in [-0.05, 0) is 62.7 Å². The van der Waals surface area contributed by atoms with E-state index in [0.29, 0.717) is 25.0 Å². The molecule has 11 nitrogen and oxygen atoms in total. The topological polar surface area (TPSA) is 159 Å². The zero-order valence-electron chi connectivity index (χ0n) is 30.2. The van der Waals surface area contributed by atoms with Gasteiger partial charge in [-0.1, -0.05) is 72.7 Å². The van der Waals surface area contributed by atoms with Crippen LogP contribution in [0.5, 0.6) is 0 Å². The number of carbonyl (C=O) groups is 4. The highest BCUT2D eigenvalue weighted by molar-refractivity contribution is 5.96. The molecular formula is C36H58N6O5. The van der Waals surface area contributed by atoms with Gasteiger partial charge in [-0.3, -0.25) is 14.4 Å². The van der Waals surface area contributed by atoms with E-state index in [-0.39, 0.29) is 24.2 Å². The highest BCUT2D eigenvalue weighted by Gasteiger charge is 2.42. The molecule has 2 aromatic rings. The first-order valence-electron chi connectivity index (χ1n) is 16.5. The van der Waals surface area contributed by atoms with Crippen LogP contribution in [0, 0.1) is 11.3 Å². The summed E-state index contributed by atoms with van der Waals surface area (Å²) in [5.41, 5.74) is 6.64. The molecule has 0 fully saturated rings. The molecule has 0 spiro atoms. The molecule has 47 heavy (non-hydrogen) atoms. The van der Waals surface area contributed by atoms with Crippen molar-refractivity contribution in [2.75, 3.05) is 20.6 Å². The normalized spacial score (nSPS) is 15.2. The van der Waals surface area contributed by atoms with Crippen molar-refractivity contribution in [3.63, 3.8) is 0 Å². The Morgan fingerprint density at radius 3 is 2.17 bits per heavy atom. The van der Waals surface area contributed by atoms with E-state index in [2.05, 4.69) is 32.8 Å². The number of rotatable bonds is 16. The van der Waals surface area contributed by atoms with Crippen molar-refractivity contribution in [1.29, 1.82) is 0 Å². The monoisotopic (exact) mass is 654 g/mol. The van der Waals surface area contributed by atoms with E-state index < -0.39 is 46.9 Å². The number of aromatic nitrogens is 1. The lowest BCUT2D eigenvalue weighted by Gasteiger charge is -2.39. The number of carbonyl (C=O) groups excluding carboxylic acids is 3. The first-order valence-corrected chi connectivity index (χ1v) is 16.5. The maximum Gasteiger partial charge on any atom is 0.326 e. The van der Waals surface area contributed by atoms with Gasteiger partial charge in [0.05, 0.1) is 12.1 Å². The third kappa shape index (κ3) is 9.67. The molecule has 0 aliphatic rings. The molecule has 1 heterocycles. The molecule has 4 atom stereocenters. The third-order valence-electron chi connectivity index (χ3n) is 9.07. The zero-order chi connectivity index (χ0) is 35.9. The number of nitrogens with two attached hydrogens (primary N) is 1. The van der Waals surface area contributed by atoms with Crippen LogP contribution in [0.15, 0.2) is 42.1 Å². The maximum atomic E-state index is 14.2. The summed E-state index contributed by atoms with van der Waals surface area (Å²) in [4.78, 5) is 54.7. The minimum atomic E-state index is -1.11. The van der Waals surface area contributed by atoms with Gasteiger partial charge in [-0.25, -0.2) is 4.79 Å². The number of hydrogen-bond acceptors (Lipinski definition) is 6. The van der Waals surface area contributed by atoms with Crippen LogP contribution in [0.25, 0.3) is 10.9 Å². The van der Waals surface area contributed by atoms with Crippen LogP contribution in [0.2, 0.25) is 0 Å².